The molecule has 0 aliphatic heterocycles. The van der Waals surface area contributed by atoms with Crippen LogP contribution in [0, 0.1) is 0 Å². The van der Waals surface area contributed by atoms with Crippen molar-refractivity contribution in [1.82, 2.24) is 5.32 Å². The highest BCUT2D eigenvalue weighted by Crippen LogP contribution is 2.15. The van der Waals surface area contributed by atoms with E-state index in [1.54, 1.807) is 6.08 Å². The highest BCUT2D eigenvalue weighted by atomic mass is 16.3. The van der Waals surface area contributed by atoms with E-state index in [4.69, 9.17) is 0 Å². The van der Waals surface area contributed by atoms with Crippen molar-refractivity contribution in [3.05, 3.63) is 12.2 Å². The summed E-state index contributed by atoms with van der Waals surface area (Å²) >= 11 is 0. The molecular formula is C37H73NO4. The van der Waals surface area contributed by atoms with E-state index in [2.05, 4.69) is 19.2 Å². The third-order valence-electron chi connectivity index (χ3n) is 8.57. The van der Waals surface area contributed by atoms with Crippen LogP contribution in [0.3, 0.4) is 0 Å². The van der Waals surface area contributed by atoms with Gasteiger partial charge in [0.2, 0.25) is 5.91 Å². The van der Waals surface area contributed by atoms with Gasteiger partial charge in [0.1, 0.15) is 0 Å². The van der Waals surface area contributed by atoms with E-state index < -0.39 is 18.2 Å². The van der Waals surface area contributed by atoms with E-state index >= 15 is 0 Å². The Kier molecular flexibility index (Phi) is 32.3. The molecule has 0 aromatic rings. The van der Waals surface area contributed by atoms with Crippen LogP contribution in [0.2, 0.25) is 0 Å². The van der Waals surface area contributed by atoms with Crippen molar-refractivity contribution in [1.29, 1.82) is 0 Å². The van der Waals surface area contributed by atoms with Crippen LogP contribution in [0.1, 0.15) is 194 Å². The molecule has 5 heteroatoms. The molecule has 4 N–H and O–H groups in total. The molecule has 0 aliphatic carbocycles. The first-order valence-corrected chi connectivity index (χ1v) is 18.5. The van der Waals surface area contributed by atoms with E-state index in [0.29, 0.717) is 6.42 Å². The number of unbranched alkanes of at least 4 members (excludes halogenated alkanes) is 24. The fourth-order valence-electron chi connectivity index (χ4n) is 5.69. The summed E-state index contributed by atoms with van der Waals surface area (Å²) in [4.78, 5) is 12.3. The summed E-state index contributed by atoms with van der Waals surface area (Å²) in [6, 6.07) is -0.736. The minimum absolute atomic E-state index is 0.0160. The van der Waals surface area contributed by atoms with Crippen molar-refractivity contribution in [3.63, 3.8) is 0 Å². The third kappa shape index (κ3) is 29.2. The molecule has 0 spiro atoms. The quantitative estimate of drug-likeness (QED) is 0.0449. The fraction of sp³-hybridized carbons (Fsp3) is 0.919. The van der Waals surface area contributed by atoms with Crippen molar-refractivity contribution >= 4 is 5.91 Å². The van der Waals surface area contributed by atoms with Gasteiger partial charge in [0.05, 0.1) is 31.3 Å². The molecule has 0 aliphatic rings. The zero-order valence-corrected chi connectivity index (χ0v) is 28.1. The Morgan fingerprint density at radius 2 is 0.976 bits per heavy atom. The molecule has 250 valence electrons. The van der Waals surface area contributed by atoms with Crippen LogP contribution in [0.15, 0.2) is 12.2 Å². The number of carbonyl (C=O) groups is 1. The summed E-state index contributed by atoms with van der Waals surface area (Å²) in [5.41, 5.74) is 0. The maximum absolute atomic E-state index is 12.3. The highest BCUT2D eigenvalue weighted by molar-refractivity contribution is 5.76. The zero-order valence-electron chi connectivity index (χ0n) is 28.1. The minimum atomic E-state index is -0.922. The summed E-state index contributed by atoms with van der Waals surface area (Å²) in [6.45, 7) is 4.16. The number of rotatable bonds is 33. The lowest BCUT2D eigenvalue weighted by Crippen LogP contribution is -2.45. The van der Waals surface area contributed by atoms with Crippen LogP contribution >= 0.6 is 0 Å². The maximum atomic E-state index is 12.3. The Labute approximate surface area is 261 Å². The Morgan fingerprint density at radius 1 is 0.595 bits per heavy atom. The number of aliphatic hydroxyl groups excluding tert-OH is 3. The van der Waals surface area contributed by atoms with E-state index in [1.165, 1.54) is 141 Å². The molecule has 0 rings (SSSR count). The molecule has 0 aromatic heterocycles. The molecule has 0 heterocycles. The van der Waals surface area contributed by atoms with Crippen LogP contribution in [0.4, 0.5) is 0 Å². The van der Waals surface area contributed by atoms with E-state index in [-0.39, 0.29) is 18.9 Å². The minimum Gasteiger partial charge on any atom is -0.394 e. The predicted octanol–water partition coefficient (Wildman–Crippen LogP) is 9.70. The first kappa shape index (κ1) is 41.1. The molecule has 0 saturated carbocycles. The van der Waals surface area contributed by atoms with Crippen molar-refractivity contribution in [2.24, 2.45) is 0 Å². The first-order valence-electron chi connectivity index (χ1n) is 18.5. The molecule has 0 aromatic carbocycles. The largest absolute Gasteiger partial charge is 0.394 e. The normalized spacial score (nSPS) is 13.9. The van der Waals surface area contributed by atoms with Crippen LogP contribution < -0.4 is 5.32 Å². The topological polar surface area (TPSA) is 89.8 Å². The number of amides is 1. The standard InChI is InChI=1S/C37H73NO4/c1-3-5-7-9-11-12-13-14-15-16-17-18-19-20-21-22-23-25-27-29-31-36(41)35(33-39)38-37(42)32-34(40)30-28-26-24-10-8-6-4-2/h29,31,34-36,39-41H,3-28,30,32-33H2,1-2H3,(H,38,42)/b31-29+. The number of hydrogen-bond donors (Lipinski definition) is 4. The lowest BCUT2D eigenvalue weighted by Gasteiger charge is -2.21. The number of nitrogens with one attached hydrogen (secondary N) is 1. The smallest absolute Gasteiger partial charge is 0.222 e. The predicted molar refractivity (Wildman–Crippen MR) is 181 cm³/mol. The molecule has 3 atom stereocenters. The Hall–Kier alpha value is -0.910. The van der Waals surface area contributed by atoms with Gasteiger partial charge in [0.25, 0.3) is 0 Å². The van der Waals surface area contributed by atoms with Crippen molar-refractivity contribution < 1.29 is 20.1 Å². The molecule has 0 saturated heterocycles. The van der Waals surface area contributed by atoms with Gasteiger partial charge in [-0.2, -0.15) is 0 Å². The number of aliphatic hydroxyl groups is 3. The lowest BCUT2D eigenvalue weighted by molar-refractivity contribution is -0.124. The highest BCUT2D eigenvalue weighted by Gasteiger charge is 2.20. The zero-order chi connectivity index (χ0) is 30.9. The second kappa shape index (κ2) is 33.0. The first-order chi connectivity index (χ1) is 20.5. The second-order valence-corrected chi connectivity index (χ2v) is 12.8. The summed E-state index contributed by atoms with van der Waals surface area (Å²) in [6.07, 6.45) is 36.4. The van der Waals surface area contributed by atoms with E-state index in [1.807, 2.05) is 6.08 Å². The van der Waals surface area contributed by atoms with Gasteiger partial charge in [-0.1, -0.05) is 180 Å². The molecule has 0 fully saturated rings. The SMILES string of the molecule is CCCCCCCCCCCCCCCCCCCC/C=C/C(O)C(CO)NC(=O)CC(O)CCCCCCCCC. The van der Waals surface area contributed by atoms with Gasteiger partial charge >= 0.3 is 0 Å². The monoisotopic (exact) mass is 596 g/mol. The molecule has 42 heavy (non-hydrogen) atoms. The average Bonchev–Trinajstić information content (AvgIpc) is 2.98. The Bertz CT molecular complexity index is 582. The molecule has 5 nitrogen and oxygen atoms in total. The van der Waals surface area contributed by atoms with Gasteiger partial charge in [-0.3, -0.25) is 4.79 Å². The Balaban J connectivity index is 3.64. The van der Waals surface area contributed by atoms with Crippen molar-refractivity contribution in [3.8, 4) is 0 Å². The second-order valence-electron chi connectivity index (χ2n) is 12.8. The molecular weight excluding hydrogens is 522 g/mol. The van der Waals surface area contributed by atoms with Gasteiger partial charge in [-0.15, -0.1) is 0 Å². The van der Waals surface area contributed by atoms with Crippen LogP contribution in [0.25, 0.3) is 0 Å². The molecule has 0 bridgehead atoms. The van der Waals surface area contributed by atoms with Crippen LogP contribution in [-0.4, -0.2) is 46.1 Å². The summed E-state index contributed by atoms with van der Waals surface area (Å²) < 4.78 is 0. The van der Waals surface area contributed by atoms with Crippen LogP contribution in [0.5, 0.6) is 0 Å². The van der Waals surface area contributed by atoms with Gasteiger partial charge < -0.3 is 20.6 Å². The van der Waals surface area contributed by atoms with E-state index in [0.717, 1.165) is 25.7 Å². The van der Waals surface area contributed by atoms with Gasteiger partial charge in [-0.25, -0.2) is 0 Å². The van der Waals surface area contributed by atoms with E-state index in [9.17, 15) is 20.1 Å². The maximum Gasteiger partial charge on any atom is 0.222 e. The molecule has 1 amide bonds. The Morgan fingerprint density at radius 3 is 1.38 bits per heavy atom. The third-order valence-corrected chi connectivity index (χ3v) is 8.57. The number of hydrogen-bond acceptors (Lipinski definition) is 4. The van der Waals surface area contributed by atoms with Gasteiger partial charge in [-0.05, 0) is 19.3 Å². The summed E-state index contributed by atoms with van der Waals surface area (Å²) in [5, 5.41) is 32.9. The molecule has 3 unspecified atom stereocenters. The van der Waals surface area contributed by atoms with Crippen molar-refractivity contribution in [2.45, 2.75) is 212 Å². The van der Waals surface area contributed by atoms with Crippen molar-refractivity contribution in [2.75, 3.05) is 6.61 Å². The number of allylic oxidation sites excluding steroid dienone is 1. The van der Waals surface area contributed by atoms with Gasteiger partial charge in [0, 0.05) is 0 Å². The molecule has 0 radical (unpaired) electrons. The van der Waals surface area contributed by atoms with Crippen LogP contribution in [-0.2, 0) is 4.79 Å². The fourth-order valence-corrected chi connectivity index (χ4v) is 5.69. The number of carbonyl (C=O) groups excluding carboxylic acids is 1. The lowest BCUT2D eigenvalue weighted by atomic mass is 10.0. The summed E-state index contributed by atoms with van der Waals surface area (Å²) in [5.74, 6) is -0.319. The van der Waals surface area contributed by atoms with Gasteiger partial charge in [0.15, 0.2) is 0 Å². The summed E-state index contributed by atoms with van der Waals surface area (Å²) in [7, 11) is 0. The average molecular weight is 596 g/mol.